The Kier molecular flexibility index (Phi) is 3.79. The van der Waals surface area contributed by atoms with Crippen LogP contribution in [0.25, 0.3) is 22.1 Å². The quantitative estimate of drug-likeness (QED) is 0.586. The maximum absolute atomic E-state index is 12.6. The van der Waals surface area contributed by atoms with E-state index < -0.39 is 0 Å². The van der Waals surface area contributed by atoms with Gasteiger partial charge in [0.2, 0.25) is 11.7 Å². The van der Waals surface area contributed by atoms with Crippen LogP contribution in [0.3, 0.4) is 0 Å². The number of pyridine rings is 1. The second kappa shape index (κ2) is 6.44. The number of nitrogens with one attached hydrogen (secondary N) is 1. The van der Waals surface area contributed by atoms with Gasteiger partial charge in [-0.2, -0.15) is 10.1 Å². The summed E-state index contributed by atoms with van der Waals surface area (Å²) in [6, 6.07) is 11.3. The predicted octanol–water partition coefficient (Wildman–Crippen LogP) is 2.82. The van der Waals surface area contributed by atoms with Gasteiger partial charge >= 0.3 is 0 Å². The highest BCUT2D eigenvalue weighted by atomic mass is 32.1. The van der Waals surface area contributed by atoms with E-state index in [0.29, 0.717) is 36.2 Å². The molecule has 9 heteroatoms. The molecule has 27 heavy (non-hydrogen) atoms. The fourth-order valence-corrected chi connectivity index (χ4v) is 3.64. The van der Waals surface area contributed by atoms with Crippen LogP contribution in [0.1, 0.15) is 22.3 Å². The van der Waals surface area contributed by atoms with E-state index in [0.717, 1.165) is 10.6 Å². The molecule has 0 bridgehead atoms. The first kappa shape index (κ1) is 15.9. The van der Waals surface area contributed by atoms with Gasteiger partial charge in [0.05, 0.1) is 16.5 Å². The molecule has 5 heterocycles. The average molecular weight is 378 g/mol. The molecule has 1 aliphatic heterocycles. The smallest absolute Gasteiger partial charge is 0.274 e. The molecule has 1 amide bonds. The summed E-state index contributed by atoms with van der Waals surface area (Å²) in [5.74, 6) is 0.925. The van der Waals surface area contributed by atoms with Crippen molar-refractivity contribution in [2.75, 3.05) is 13.1 Å². The number of thiophene rings is 1. The summed E-state index contributed by atoms with van der Waals surface area (Å²) in [5.41, 5.74) is 1.93. The molecule has 1 saturated heterocycles. The van der Waals surface area contributed by atoms with E-state index in [1.54, 1.807) is 28.5 Å². The minimum absolute atomic E-state index is 0.0367. The Morgan fingerprint density at radius 1 is 1.26 bits per heavy atom. The van der Waals surface area contributed by atoms with Crippen molar-refractivity contribution >= 4 is 17.2 Å². The number of amides is 1. The van der Waals surface area contributed by atoms with Gasteiger partial charge in [0.25, 0.3) is 5.91 Å². The van der Waals surface area contributed by atoms with Crippen molar-refractivity contribution in [1.29, 1.82) is 0 Å². The number of aromatic nitrogens is 5. The van der Waals surface area contributed by atoms with Crippen LogP contribution in [0.15, 0.2) is 52.5 Å². The molecule has 0 saturated carbocycles. The van der Waals surface area contributed by atoms with Crippen LogP contribution in [0.4, 0.5) is 0 Å². The van der Waals surface area contributed by atoms with Gasteiger partial charge in [-0.1, -0.05) is 17.3 Å². The Morgan fingerprint density at radius 2 is 2.19 bits per heavy atom. The SMILES string of the molecule is O=C(c1cc(-c2cccs2)[nH]n1)N1CC(c2nc(-c3ccccn3)no2)C1. The number of rotatable bonds is 4. The number of aromatic amines is 1. The normalized spacial score (nSPS) is 14.3. The molecule has 1 N–H and O–H groups in total. The lowest BCUT2D eigenvalue weighted by Gasteiger charge is -2.36. The second-order valence-electron chi connectivity index (χ2n) is 6.22. The van der Waals surface area contributed by atoms with Crippen molar-refractivity contribution in [3.63, 3.8) is 0 Å². The monoisotopic (exact) mass is 378 g/mol. The fraction of sp³-hybridized carbons (Fsp3) is 0.167. The molecular formula is C18H14N6O2S. The van der Waals surface area contributed by atoms with Crippen LogP contribution in [0, 0.1) is 0 Å². The molecule has 0 radical (unpaired) electrons. The Hall–Kier alpha value is -3.33. The van der Waals surface area contributed by atoms with E-state index in [4.69, 9.17) is 4.52 Å². The number of nitrogens with zero attached hydrogens (tertiary/aromatic N) is 5. The first-order chi connectivity index (χ1) is 13.3. The second-order valence-corrected chi connectivity index (χ2v) is 7.17. The van der Waals surface area contributed by atoms with E-state index in [9.17, 15) is 4.79 Å². The van der Waals surface area contributed by atoms with Crippen molar-refractivity contribution in [2.24, 2.45) is 0 Å². The molecule has 0 aromatic carbocycles. The predicted molar refractivity (Wildman–Crippen MR) is 98.1 cm³/mol. The molecule has 0 aliphatic carbocycles. The van der Waals surface area contributed by atoms with E-state index in [1.165, 1.54) is 0 Å². The summed E-state index contributed by atoms with van der Waals surface area (Å²) in [4.78, 5) is 24.0. The zero-order valence-corrected chi connectivity index (χ0v) is 14.9. The number of likely N-dealkylation sites (tertiary alicyclic amines) is 1. The minimum Gasteiger partial charge on any atom is -0.338 e. The highest BCUT2D eigenvalue weighted by Gasteiger charge is 2.37. The van der Waals surface area contributed by atoms with Crippen LogP contribution in [0.5, 0.6) is 0 Å². The van der Waals surface area contributed by atoms with Gasteiger partial charge in [-0.05, 0) is 29.6 Å². The van der Waals surface area contributed by atoms with Gasteiger partial charge in [-0.3, -0.25) is 14.9 Å². The van der Waals surface area contributed by atoms with E-state index >= 15 is 0 Å². The Morgan fingerprint density at radius 3 is 2.96 bits per heavy atom. The molecule has 5 rings (SSSR count). The maximum atomic E-state index is 12.6. The van der Waals surface area contributed by atoms with E-state index in [-0.39, 0.29) is 11.8 Å². The van der Waals surface area contributed by atoms with Crippen molar-refractivity contribution in [2.45, 2.75) is 5.92 Å². The van der Waals surface area contributed by atoms with Gasteiger partial charge < -0.3 is 9.42 Å². The molecule has 0 atom stereocenters. The molecular weight excluding hydrogens is 364 g/mol. The summed E-state index contributed by atoms with van der Waals surface area (Å²) in [7, 11) is 0. The minimum atomic E-state index is -0.102. The molecule has 0 spiro atoms. The third kappa shape index (κ3) is 2.91. The van der Waals surface area contributed by atoms with Gasteiger partial charge in [0.1, 0.15) is 5.69 Å². The molecule has 8 nitrogen and oxygen atoms in total. The van der Waals surface area contributed by atoms with Crippen LogP contribution < -0.4 is 0 Å². The number of carbonyl (C=O) groups excluding carboxylic acids is 1. The Labute approximate surface area is 157 Å². The van der Waals surface area contributed by atoms with E-state index in [1.807, 2.05) is 35.7 Å². The molecule has 134 valence electrons. The maximum Gasteiger partial charge on any atom is 0.274 e. The molecule has 4 aromatic heterocycles. The number of carbonyl (C=O) groups is 1. The summed E-state index contributed by atoms with van der Waals surface area (Å²) in [6.07, 6.45) is 1.68. The molecule has 1 aliphatic rings. The van der Waals surface area contributed by atoms with Crippen molar-refractivity contribution < 1.29 is 9.32 Å². The van der Waals surface area contributed by atoms with Gasteiger partial charge in [0.15, 0.2) is 5.69 Å². The summed E-state index contributed by atoms with van der Waals surface area (Å²) in [6.45, 7) is 1.06. The molecule has 0 unspecified atom stereocenters. The average Bonchev–Trinajstić information content (AvgIpc) is 3.41. The first-order valence-corrected chi connectivity index (χ1v) is 9.29. The van der Waals surface area contributed by atoms with Crippen LogP contribution in [0.2, 0.25) is 0 Å². The van der Waals surface area contributed by atoms with E-state index in [2.05, 4.69) is 25.3 Å². The van der Waals surface area contributed by atoms with Crippen LogP contribution in [-0.2, 0) is 0 Å². The van der Waals surface area contributed by atoms with Crippen molar-refractivity contribution in [3.8, 4) is 22.1 Å². The third-order valence-electron chi connectivity index (χ3n) is 4.44. The molecule has 1 fully saturated rings. The molecule has 4 aromatic rings. The summed E-state index contributed by atoms with van der Waals surface area (Å²) < 4.78 is 5.35. The zero-order valence-electron chi connectivity index (χ0n) is 14.1. The topological polar surface area (TPSA) is 101 Å². The summed E-state index contributed by atoms with van der Waals surface area (Å²) in [5, 5.41) is 13.0. The lowest BCUT2D eigenvalue weighted by atomic mass is 9.99. The largest absolute Gasteiger partial charge is 0.338 e. The number of hydrogen-bond donors (Lipinski definition) is 1. The van der Waals surface area contributed by atoms with Gasteiger partial charge in [-0.25, -0.2) is 0 Å². The zero-order chi connectivity index (χ0) is 18.2. The standard InChI is InChI=1S/C18H14N6O2S/c25-18(14-8-13(21-22-14)15-5-3-7-27-15)24-9-11(10-24)17-20-16(23-26-17)12-4-1-2-6-19-12/h1-8,11H,9-10H2,(H,21,22). The Bertz CT molecular complexity index is 1070. The third-order valence-corrected chi connectivity index (χ3v) is 5.34. The number of hydrogen-bond acceptors (Lipinski definition) is 7. The van der Waals surface area contributed by atoms with Gasteiger partial charge in [-0.15, -0.1) is 11.3 Å². The van der Waals surface area contributed by atoms with Crippen LogP contribution in [-0.4, -0.2) is 49.2 Å². The highest BCUT2D eigenvalue weighted by Crippen LogP contribution is 2.29. The van der Waals surface area contributed by atoms with Gasteiger partial charge in [0, 0.05) is 19.3 Å². The van der Waals surface area contributed by atoms with Crippen molar-refractivity contribution in [1.82, 2.24) is 30.2 Å². The number of H-pyrrole nitrogens is 1. The first-order valence-electron chi connectivity index (χ1n) is 8.41. The van der Waals surface area contributed by atoms with Crippen molar-refractivity contribution in [3.05, 3.63) is 59.6 Å². The lowest BCUT2D eigenvalue weighted by molar-refractivity contribution is 0.0563. The van der Waals surface area contributed by atoms with Crippen LogP contribution >= 0.6 is 11.3 Å². The highest BCUT2D eigenvalue weighted by molar-refractivity contribution is 7.13. The lowest BCUT2D eigenvalue weighted by Crippen LogP contribution is -2.48. The fourth-order valence-electron chi connectivity index (χ4n) is 2.95. The summed E-state index contributed by atoms with van der Waals surface area (Å²) >= 11 is 1.60. The Balaban J connectivity index is 1.24.